The smallest absolute Gasteiger partial charge is 0.137 e. The van der Waals surface area contributed by atoms with E-state index in [0.717, 1.165) is 60.7 Å². The summed E-state index contributed by atoms with van der Waals surface area (Å²) in [5.74, 6) is 0. The standard InChI is InChI=1S/C42H25NO2/c1-2-9-26(10-3-1)28-17-20-38-34(24-28)35-25-29(18-21-39(35)44-38)27-11-8-12-30(23-27)43-36-15-6-4-13-31(36)32-19-22-40-41(42(32)43)33-14-5-7-16-37(33)45-40/h1-25H. The average molecular weight is 576 g/mol. The molecule has 0 bridgehead atoms. The Hall–Kier alpha value is -6.06. The molecule has 0 aliphatic rings. The molecule has 0 amide bonds. The summed E-state index contributed by atoms with van der Waals surface area (Å²) in [4.78, 5) is 0. The Bertz CT molecular complexity index is 2760. The van der Waals surface area contributed by atoms with Gasteiger partial charge in [0.15, 0.2) is 0 Å². The number of rotatable bonds is 3. The molecule has 0 unspecified atom stereocenters. The molecule has 7 aromatic carbocycles. The van der Waals surface area contributed by atoms with Gasteiger partial charge >= 0.3 is 0 Å². The van der Waals surface area contributed by atoms with Gasteiger partial charge in [0.1, 0.15) is 22.3 Å². The lowest BCUT2D eigenvalue weighted by atomic mass is 10.00. The molecule has 0 atom stereocenters. The quantitative estimate of drug-likeness (QED) is 0.210. The minimum absolute atomic E-state index is 0.895. The number of aromatic nitrogens is 1. The van der Waals surface area contributed by atoms with Crippen molar-refractivity contribution in [1.29, 1.82) is 0 Å². The molecule has 3 heteroatoms. The van der Waals surface area contributed by atoms with Crippen LogP contribution in [0.5, 0.6) is 0 Å². The van der Waals surface area contributed by atoms with Gasteiger partial charge in [-0.05, 0) is 82.9 Å². The van der Waals surface area contributed by atoms with Crippen LogP contribution in [0.4, 0.5) is 0 Å². The lowest BCUT2D eigenvalue weighted by molar-refractivity contribution is 0.668. The molecule has 10 rings (SSSR count). The van der Waals surface area contributed by atoms with Gasteiger partial charge in [-0.1, -0.05) is 91.0 Å². The lowest BCUT2D eigenvalue weighted by Gasteiger charge is -2.11. The monoisotopic (exact) mass is 575 g/mol. The molecule has 210 valence electrons. The first-order valence-corrected chi connectivity index (χ1v) is 15.3. The van der Waals surface area contributed by atoms with Crippen LogP contribution in [0.25, 0.3) is 93.6 Å². The Kier molecular flexibility index (Phi) is 5.00. The maximum Gasteiger partial charge on any atom is 0.137 e. The summed E-state index contributed by atoms with van der Waals surface area (Å²) in [6, 6.07) is 53.6. The molecule has 45 heavy (non-hydrogen) atoms. The number of fused-ring (bicyclic) bond motifs is 10. The summed E-state index contributed by atoms with van der Waals surface area (Å²) in [6.45, 7) is 0. The fourth-order valence-electron chi connectivity index (χ4n) is 7.12. The fraction of sp³-hybridized carbons (Fsp3) is 0. The van der Waals surface area contributed by atoms with E-state index >= 15 is 0 Å². The van der Waals surface area contributed by atoms with Crippen molar-refractivity contribution in [2.24, 2.45) is 0 Å². The third-order valence-electron chi connectivity index (χ3n) is 9.19. The number of furan rings is 2. The van der Waals surface area contributed by atoms with Gasteiger partial charge in [0.2, 0.25) is 0 Å². The molecule has 0 radical (unpaired) electrons. The van der Waals surface area contributed by atoms with Gasteiger partial charge < -0.3 is 13.4 Å². The molecular formula is C42H25NO2. The second-order valence-corrected chi connectivity index (χ2v) is 11.7. The van der Waals surface area contributed by atoms with E-state index in [2.05, 4.69) is 144 Å². The first-order chi connectivity index (χ1) is 22.3. The summed E-state index contributed by atoms with van der Waals surface area (Å²) in [5, 5.41) is 6.96. The van der Waals surface area contributed by atoms with Gasteiger partial charge in [-0.2, -0.15) is 0 Å². The van der Waals surface area contributed by atoms with E-state index in [1.165, 1.54) is 32.9 Å². The summed E-state index contributed by atoms with van der Waals surface area (Å²) in [7, 11) is 0. The Morgan fingerprint density at radius 2 is 0.956 bits per heavy atom. The molecule has 0 aliphatic carbocycles. The number of hydrogen-bond donors (Lipinski definition) is 0. The van der Waals surface area contributed by atoms with Crippen LogP contribution in [0.15, 0.2) is 160 Å². The number of para-hydroxylation sites is 2. The molecule has 0 fully saturated rings. The van der Waals surface area contributed by atoms with Gasteiger partial charge in [-0.25, -0.2) is 0 Å². The average Bonchev–Trinajstić information content (AvgIpc) is 3.77. The normalized spacial score (nSPS) is 12.0. The SMILES string of the molecule is c1ccc(-c2ccc3oc4ccc(-c5cccc(-n6c7ccccc7c7ccc8oc9ccccc9c8c76)c5)cc4c3c2)cc1. The number of nitrogens with zero attached hydrogens (tertiary/aromatic N) is 1. The fourth-order valence-corrected chi connectivity index (χ4v) is 7.12. The van der Waals surface area contributed by atoms with E-state index in [4.69, 9.17) is 8.83 Å². The van der Waals surface area contributed by atoms with Gasteiger partial charge in [-0.15, -0.1) is 0 Å². The van der Waals surface area contributed by atoms with E-state index < -0.39 is 0 Å². The van der Waals surface area contributed by atoms with E-state index in [-0.39, 0.29) is 0 Å². The van der Waals surface area contributed by atoms with Crippen LogP contribution in [0.1, 0.15) is 0 Å². The molecule has 3 aromatic heterocycles. The van der Waals surface area contributed by atoms with Crippen molar-refractivity contribution < 1.29 is 8.83 Å². The van der Waals surface area contributed by atoms with Crippen molar-refractivity contribution in [3.63, 3.8) is 0 Å². The molecule has 0 saturated carbocycles. The summed E-state index contributed by atoms with van der Waals surface area (Å²) in [6.07, 6.45) is 0. The zero-order chi connectivity index (χ0) is 29.5. The van der Waals surface area contributed by atoms with Crippen molar-refractivity contribution >= 4 is 65.7 Å². The van der Waals surface area contributed by atoms with Crippen molar-refractivity contribution in [3.8, 4) is 27.9 Å². The van der Waals surface area contributed by atoms with Crippen LogP contribution in [0.2, 0.25) is 0 Å². The Balaban J connectivity index is 1.19. The molecular weight excluding hydrogens is 550 g/mol. The van der Waals surface area contributed by atoms with Crippen LogP contribution in [0, 0.1) is 0 Å². The van der Waals surface area contributed by atoms with E-state index in [1.807, 2.05) is 12.1 Å². The van der Waals surface area contributed by atoms with Crippen LogP contribution in [0.3, 0.4) is 0 Å². The molecule has 0 saturated heterocycles. The molecule has 3 nitrogen and oxygen atoms in total. The maximum atomic E-state index is 6.32. The Morgan fingerprint density at radius 3 is 1.78 bits per heavy atom. The van der Waals surface area contributed by atoms with Gasteiger partial charge in [-0.3, -0.25) is 0 Å². The predicted molar refractivity (Wildman–Crippen MR) is 186 cm³/mol. The Morgan fingerprint density at radius 1 is 0.356 bits per heavy atom. The van der Waals surface area contributed by atoms with Crippen molar-refractivity contribution in [1.82, 2.24) is 4.57 Å². The third-order valence-corrected chi connectivity index (χ3v) is 9.19. The zero-order valence-electron chi connectivity index (χ0n) is 24.2. The maximum absolute atomic E-state index is 6.32. The Labute approximate surface area is 258 Å². The highest BCUT2D eigenvalue weighted by molar-refractivity contribution is 6.24. The van der Waals surface area contributed by atoms with Crippen LogP contribution in [-0.2, 0) is 0 Å². The second-order valence-electron chi connectivity index (χ2n) is 11.7. The number of benzene rings is 7. The minimum atomic E-state index is 0.895. The molecule has 0 N–H and O–H groups in total. The van der Waals surface area contributed by atoms with Gasteiger partial charge in [0.05, 0.1) is 16.4 Å². The van der Waals surface area contributed by atoms with Crippen molar-refractivity contribution in [3.05, 3.63) is 152 Å². The summed E-state index contributed by atoms with van der Waals surface area (Å²) < 4.78 is 15.0. The first-order valence-electron chi connectivity index (χ1n) is 15.3. The highest BCUT2D eigenvalue weighted by Crippen LogP contribution is 2.41. The molecule has 0 aliphatic heterocycles. The first kappa shape index (κ1) is 24.4. The second kappa shape index (κ2) is 9.22. The van der Waals surface area contributed by atoms with Crippen LogP contribution in [-0.4, -0.2) is 4.57 Å². The van der Waals surface area contributed by atoms with Gasteiger partial charge in [0, 0.05) is 32.6 Å². The van der Waals surface area contributed by atoms with Crippen LogP contribution < -0.4 is 0 Å². The highest BCUT2D eigenvalue weighted by atomic mass is 16.3. The summed E-state index contributed by atoms with van der Waals surface area (Å²) in [5.41, 5.74) is 11.7. The van der Waals surface area contributed by atoms with E-state index in [9.17, 15) is 0 Å². The zero-order valence-corrected chi connectivity index (χ0v) is 24.2. The van der Waals surface area contributed by atoms with Crippen LogP contribution >= 0.6 is 0 Å². The molecule has 10 aromatic rings. The largest absolute Gasteiger partial charge is 0.456 e. The summed E-state index contributed by atoms with van der Waals surface area (Å²) >= 11 is 0. The van der Waals surface area contributed by atoms with E-state index in [1.54, 1.807) is 0 Å². The predicted octanol–water partition coefficient (Wildman–Crippen LogP) is 11.9. The number of hydrogen-bond acceptors (Lipinski definition) is 2. The molecule has 3 heterocycles. The minimum Gasteiger partial charge on any atom is -0.456 e. The van der Waals surface area contributed by atoms with Crippen molar-refractivity contribution in [2.75, 3.05) is 0 Å². The van der Waals surface area contributed by atoms with Gasteiger partial charge in [0.25, 0.3) is 0 Å². The third kappa shape index (κ3) is 3.58. The molecule has 0 spiro atoms. The van der Waals surface area contributed by atoms with E-state index in [0.29, 0.717) is 0 Å². The van der Waals surface area contributed by atoms with Crippen molar-refractivity contribution in [2.45, 2.75) is 0 Å². The topological polar surface area (TPSA) is 31.2 Å². The highest BCUT2D eigenvalue weighted by Gasteiger charge is 2.19. The lowest BCUT2D eigenvalue weighted by Crippen LogP contribution is -1.94.